The smallest absolute Gasteiger partial charge is 0.119 e. The van der Waals surface area contributed by atoms with Crippen molar-refractivity contribution in [2.24, 2.45) is 5.92 Å². The van der Waals surface area contributed by atoms with Crippen LogP contribution in [0, 0.1) is 5.92 Å². The molecule has 0 aliphatic rings. The Morgan fingerprint density at radius 1 is 1.06 bits per heavy atom. The van der Waals surface area contributed by atoms with Crippen LogP contribution in [0.4, 0.5) is 0 Å². The molecule has 0 fully saturated rings. The van der Waals surface area contributed by atoms with Crippen LogP contribution in [0.25, 0.3) is 0 Å². The van der Waals surface area contributed by atoms with E-state index in [1.807, 2.05) is 30.3 Å². The van der Waals surface area contributed by atoms with Crippen LogP contribution in [0.1, 0.15) is 40.0 Å². The predicted octanol–water partition coefficient (Wildman–Crippen LogP) is 3.87. The number of para-hydroxylation sites is 1. The molecule has 0 aliphatic carbocycles. The van der Waals surface area contributed by atoms with Crippen LogP contribution in [0.15, 0.2) is 30.3 Å². The molecule has 18 heavy (non-hydrogen) atoms. The zero-order valence-corrected chi connectivity index (χ0v) is 12.0. The number of nitrogens with one attached hydrogen (secondary N) is 1. The Kier molecular flexibility index (Phi) is 7.51. The van der Waals surface area contributed by atoms with E-state index in [2.05, 4.69) is 26.1 Å². The Bertz CT molecular complexity index is 297. The van der Waals surface area contributed by atoms with Crippen LogP contribution in [-0.4, -0.2) is 19.2 Å². The van der Waals surface area contributed by atoms with E-state index in [1.54, 1.807) is 0 Å². The fourth-order valence-electron chi connectivity index (χ4n) is 1.81. The van der Waals surface area contributed by atoms with Crippen molar-refractivity contribution in [3.05, 3.63) is 30.3 Å². The van der Waals surface area contributed by atoms with Gasteiger partial charge in [-0.3, -0.25) is 0 Å². The van der Waals surface area contributed by atoms with E-state index in [0.717, 1.165) is 31.2 Å². The van der Waals surface area contributed by atoms with Crippen LogP contribution in [-0.2, 0) is 0 Å². The molecule has 0 saturated carbocycles. The first-order valence-electron chi connectivity index (χ1n) is 7.09. The molecule has 0 aromatic heterocycles. The molecule has 1 unspecified atom stereocenters. The summed E-state index contributed by atoms with van der Waals surface area (Å²) in [7, 11) is 0. The predicted molar refractivity (Wildman–Crippen MR) is 78.1 cm³/mol. The van der Waals surface area contributed by atoms with Gasteiger partial charge in [-0.15, -0.1) is 0 Å². The SMILES string of the molecule is CC(C)CCC(C)NCCCOc1ccccc1. The van der Waals surface area contributed by atoms with Crippen molar-refractivity contribution in [3.63, 3.8) is 0 Å². The molecule has 0 heterocycles. The first kappa shape index (κ1) is 15.0. The van der Waals surface area contributed by atoms with E-state index < -0.39 is 0 Å². The summed E-state index contributed by atoms with van der Waals surface area (Å²) >= 11 is 0. The fraction of sp³-hybridized carbons (Fsp3) is 0.625. The Labute approximate surface area is 112 Å². The molecule has 0 saturated heterocycles. The van der Waals surface area contributed by atoms with E-state index in [1.165, 1.54) is 12.8 Å². The van der Waals surface area contributed by atoms with Gasteiger partial charge in [-0.1, -0.05) is 32.0 Å². The average Bonchev–Trinajstić information content (AvgIpc) is 2.37. The van der Waals surface area contributed by atoms with E-state index in [0.29, 0.717) is 6.04 Å². The number of rotatable bonds is 9. The minimum Gasteiger partial charge on any atom is -0.494 e. The van der Waals surface area contributed by atoms with Crippen molar-refractivity contribution in [3.8, 4) is 5.75 Å². The zero-order valence-electron chi connectivity index (χ0n) is 12.0. The summed E-state index contributed by atoms with van der Waals surface area (Å²) in [4.78, 5) is 0. The highest BCUT2D eigenvalue weighted by molar-refractivity contribution is 5.20. The summed E-state index contributed by atoms with van der Waals surface area (Å²) in [5.41, 5.74) is 0. The molecule has 0 radical (unpaired) electrons. The lowest BCUT2D eigenvalue weighted by atomic mass is 10.0. The van der Waals surface area contributed by atoms with Gasteiger partial charge in [0.05, 0.1) is 6.61 Å². The molecule has 1 aromatic carbocycles. The molecule has 0 amide bonds. The molecule has 1 atom stereocenters. The molecule has 1 rings (SSSR count). The van der Waals surface area contributed by atoms with Crippen LogP contribution in [0.3, 0.4) is 0 Å². The minimum absolute atomic E-state index is 0.615. The summed E-state index contributed by atoms with van der Waals surface area (Å²) < 4.78 is 5.65. The van der Waals surface area contributed by atoms with E-state index in [-0.39, 0.29) is 0 Å². The lowest BCUT2D eigenvalue weighted by Crippen LogP contribution is -2.28. The van der Waals surface area contributed by atoms with Crippen molar-refractivity contribution in [1.29, 1.82) is 0 Å². The second kappa shape index (κ2) is 8.98. The highest BCUT2D eigenvalue weighted by Crippen LogP contribution is 2.08. The quantitative estimate of drug-likeness (QED) is 0.671. The van der Waals surface area contributed by atoms with Crippen LogP contribution in [0.2, 0.25) is 0 Å². The first-order valence-corrected chi connectivity index (χ1v) is 7.09. The minimum atomic E-state index is 0.615. The maximum Gasteiger partial charge on any atom is 0.119 e. The normalized spacial score (nSPS) is 12.7. The van der Waals surface area contributed by atoms with Crippen LogP contribution >= 0.6 is 0 Å². The molecule has 2 nitrogen and oxygen atoms in total. The molecule has 0 spiro atoms. The Balaban J connectivity index is 1.98. The van der Waals surface area contributed by atoms with Gasteiger partial charge in [0, 0.05) is 6.04 Å². The molecular weight excluding hydrogens is 222 g/mol. The van der Waals surface area contributed by atoms with Gasteiger partial charge >= 0.3 is 0 Å². The molecule has 1 N–H and O–H groups in total. The van der Waals surface area contributed by atoms with Crippen molar-refractivity contribution >= 4 is 0 Å². The summed E-state index contributed by atoms with van der Waals surface area (Å²) in [5.74, 6) is 1.76. The topological polar surface area (TPSA) is 21.3 Å². The summed E-state index contributed by atoms with van der Waals surface area (Å²) in [6, 6.07) is 10.6. The lowest BCUT2D eigenvalue weighted by molar-refractivity contribution is 0.303. The molecule has 0 bridgehead atoms. The van der Waals surface area contributed by atoms with Gasteiger partial charge in [0.2, 0.25) is 0 Å². The molecule has 102 valence electrons. The van der Waals surface area contributed by atoms with Crippen molar-refractivity contribution < 1.29 is 4.74 Å². The van der Waals surface area contributed by atoms with Crippen molar-refractivity contribution in [2.75, 3.05) is 13.2 Å². The van der Waals surface area contributed by atoms with E-state index in [4.69, 9.17) is 4.74 Å². The van der Waals surface area contributed by atoms with Gasteiger partial charge in [-0.2, -0.15) is 0 Å². The van der Waals surface area contributed by atoms with Gasteiger partial charge < -0.3 is 10.1 Å². The highest BCUT2D eigenvalue weighted by atomic mass is 16.5. The number of ether oxygens (including phenoxy) is 1. The fourth-order valence-corrected chi connectivity index (χ4v) is 1.81. The van der Waals surface area contributed by atoms with Gasteiger partial charge in [-0.05, 0) is 50.8 Å². The third-order valence-corrected chi connectivity index (χ3v) is 3.00. The second-order valence-electron chi connectivity index (χ2n) is 5.34. The Hall–Kier alpha value is -1.02. The van der Waals surface area contributed by atoms with Crippen molar-refractivity contribution in [2.45, 2.75) is 46.1 Å². The zero-order chi connectivity index (χ0) is 13.2. The number of hydrogen-bond donors (Lipinski definition) is 1. The number of benzene rings is 1. The maximum absolute atomic E-state index is 5.65. The first-order chi connectivity index (χ1) is 8.68. The van der Waals surface area contributed by atoms with Crippen LogP contribution in [0.5, 0.6) is 5.75 Å². The molecular formula is C16H27NO. The number of hydrogen-bond acceptors (Lipinski definition) is 2. The van der Waals surface area contributed by atoms with Gasteiger partial charge in [0.25, 0.3) is 0 Å². The second-order valence-corrected chi connectivity index (χ2v) is 5.34. The van der Waals surface area contributed by atoms with Crippen LogP contribution < -0.4 is 10.1 Å². The lowest BCUT2D eigenvalue weighted by Gasteiger charge is -2.15. The average molecular weight is 249 g/mol. The largest absolute Gasteiger partial charge is 0.494 e. The summed E-state index contributed by atoms with van der Waals surface area (Å²) in [6.07, 6.45) is 3.62. The molecule has 1 aromatic rings. The van der Waals surface area contributed by atoms with E-state index in [9.17, 15) is 0 Å². The summed E-state index contributed by atoms with van der Waals surface area (Å²) in [5, 5.41) is 3.54. The van der Waals surface area contributed by atoms with Crippen molar-refractivity contribution in [1.82, 2.24) is 5.32 Å². The van der Waals surface area contributed by atoms with E-state index >= 15 is 0 Å². The third-order valence-electron chi connectivity index (χ3n) is 3.00. The molecule has 0 aliphatic heterocycles. The third kappa shape index (κ3) is 7.33. The Morgan fingerprint density at radius 3 is 2.44 bits per heavy atom. The molecule has 2 heteroatoms. The highest BCUT2D eigenvalue weighted by Gasteiger charge is 2.02. The standard InChI is InChI=1S/C16H27NO/c1-14(2)10-11-15(3)17-12-7-13-18-16-8-5-4-6-9-16/h4-6,8-9,14-15,17H,7,10-13H2,1-3H3. The monoisotopic (exact) mass is 249 g/mol. The van der Waals surface area contributed by atoms with Gasteiger partial charge in [-0.25, -0.2) is 0 Å². The Morgan fingerprint density at radius 2 is 1.78 bits per heavy atom. The van der Waals surface area contributed by atoms with Gasteiger partial charge in [0.15, 0.2) is 0 Å². The summed E-state index contributed by atoms with van der Waals surface area (Å²) in [6.45, 7) is 8.64. The van der Waals surface area contributed by atoms with Gasteiger partial charge in [0.1, 0.15) is 5.75 Å². The maximum atomic E-state index is 5.65.